The van der Waals surface area contributed by atoms with Crippen LogP contribution in [0.2, 0.25) is 0 Å². The number of halogens is 2. The summed E-state index contributed by atoms with van der Waals surface area (Å²) in [5.74, 6) is -1.47. The monoisotopic (exact) mass is 400 g/mol. The van der Waals surface area contributed by atoms with Crippen molar-refractivity contribution in [2.24, 2.45) is 11.8 Å². The number of hydrogen-bond donors (Lipinski definition) is 1. The highest BCUT2D eigenvalue weighted by molar-refractivity contribution is 5.95. The third-order valence-corrected chi connectivity index (χ3v) is 5.33. The molecule has 2 amide bonds. The van der Waals surface area contributed by atoms with Crippen LogP contribution in [0.4, 0.5) is 8.78 Å². The molecule has 0 radical (unpaired) electrons. The van der Waals surface area contributed by atoms with Crippen LogP contribution in [0.3, 0.4) is 0 Å². The van der Waals surface area contributed by atoms with Crippen LogP contribution in [-0.4, -0.2) is 36.3 Å². The molecule has 1 aliphatic rings. The van der Waals surface area contributed by atoms with E-state index in [0.717, 1.165) is 6.42 Å². The highest BCUT2D eigenvalue weighted by Gasteiger charge is 2.40. The minimum Gasteiger partial charge on any atom is -0.356 e. The van der Waals surface area contributed by atoms with Gasteiger partial charge in [0.05, 0.1) is 5.92 Å². The second-order valence-electron chi connectivity index (χ2n) is 7.96. The minimum absolute atomic E-state index is 0.130. The Hall–Kier alpha value is -2.76. The van der Waals surface area contributed by atoms with Gasteiger partial charge < -0.3 is 10.2 Å². The Morgan fingerprint density at radius 1 is 1.07 bits per heavy atom. The zero-order valence-corrected chi connectivity index (χ0v) is 16.7. The summed E-state index contributed by atoms with van der Waals surface area (Å²) in [6.45, 7) is 5.28. The summed E-state index contributed by atoms with van der Waals surface area (Å²) in [6, 6.07) is 11.5. The van der Waals surface area contributed by atoms with E-state index in [0.29, 0.717) is 30.1 Å². The van der Waals surface area contributed by atoms with E-state index in [1.807, 2.05) is 0 Å². The lowest BCUT2D eigenvalue weighted by Gasteiger charge is -2.18. The first-order valence-electron chi connectivity index (χ1n) is 9.93. The fraction of sp³-hybridized carbons (Fsp3) is 0.391. The average molecular weight is 400 g/mol. The quantitative estimate of drug-likeness (QED) is 0.797. The number of benzene rings is 2. The lowest BCUT2D eigenvalue weighted by Crippen LogP contribution is -2.36. The second kappa shape index (κ2) is 9.16. The number of nitrogens with one attached hydrogen (secondary N) is 1. The van der Waals surface area contributed by atoms with Crippen LogP contribution in [0.15, 0.2) is 48.5 Å². The van der Waals surface area contributed by atoms with Gasteiger partial charge in [-0.05, 0) is 54.3 Å². The molecule has 3 rings (SSSR count). The predicted octanol–water partition coefficient (Wildman–Crippen LogP) is 3.98. The summed E-state index contributed by atoms with van der Waals surface area (Å²) in [6.07, 6.45) is 0.862. The van der Waals surface area contributed by atoms with Crippen molar-refractivity contribution in [3.63, 3.8) is 0 Å². The van der Waals surface area contributed by atoms with Crippen molar-refractivity contribution in [3.8, 4) is 0 Å². The van der Waals surface area contributed by atoms with E-state index in [1.165, 1.54) is 36.4 Å². The molecule has 6 heteroatoms. The fourth-order valence-corrected chi connectivity index (χ4v) is 3.70. The standard InChI is InChI=1S/C23H26F2N2O2/c1-15(2)10-11-26-22(28)21-14-27(23(29)16-6-8-18(24)9-7-16)13-20(21)17-4-3-5-19(25)12-17/h3-9,12,15,20-21H,10-11,13-14H2,1-2H3,(H,26,28)/t20-,21-/m1/s1. The summed E-state index contributed by atoms with van der Waals surface area (Å²) < 4.78 is 27.0. The van der Waals surface area contributed by atoms with Gasteiger partial charge in [-0.3, -0.25) is 9.59 Å². The minimum atomic E-state index is -0.464. The number of nitrogens with zero attached hydrogens (tertiary/aromatic N) is 1. The van der Waals surface area contributed by atoms with Gasteiger partial charge in [0.15, 0.2) is 0 Å². The molecule has 0 aliphatic carbocycles. The fourth-order valence-electron chi connectivity index (χ4n) is 3.70. The molecule has 1 saturated heterocycles. The van der Waals surface area contributed by atoms with Crippen LogP contribution in [0, 0.1) is 23.5 Å². The van der Waals surface area contributed by atoms with Crippen molar-refractivity contribution in [2.75, 3.05) is 19.6 Å². The highest BCUT2D eigenvalue weighted by atomic mass is 19.1. The van der Waals surface area contributed by atoms with E-state index in [4.69, 9.17) is 0 Å². The molecule has 2 atom stereocenters. The first-order chi connectivity index (χ1) is 13.8. The lowest BCUT2D eigenvalue weighted by molar-refractivity contribution is -0.124. The molecule has 0 aromatic heterocycles. The number of rotatable bonds is 6. The summed E-state index contributed by atoms with van der Waals surface area (Å²) in [7, 11) is 0. The van der Waals surface area contributed by atoms with Crippen molar-refractivity contribution in [1.82, 2.24) is 10.2 Å². The van der Waals surface area contributed by atoms with Crippen LogP contribution < -0.4 is 5.32 Å². The zero-order valence-electron chi connectivity index (χ0n) is 16.7. The van der Waals surface area contributed by atoms with Gasteiger partial charge in [-0.2, -0.15) is 0 Å². The van der Waals surface area contributed by atoms with E-state index < -0.39 is 11.7 Å². The van der Waals surface area contributed by atoms with E-state index >= 15 is 0 Å². The third-order valence-electron chi connectivity index (χ3n) is 5.33. The lowest BCUT2D eigenvalue weighted by atomic mass is 9.88. The summed E-state index contributed by atoms with van der Waals surface area (Å²) in [5.41, 5.74) is 1.06. The van der Waals surface area contributed by atoms with Gasteiger partial charge in [-0.25, -0.2) is 8.78 Å². The van der Waals surface area contributed by atoms with Gasteiger partial charge in [-0.1, -0.05) is 26.0 Å². The summed E-state index contributed by atoms with van der Waals surface area (Å²) >= 11 is 0. The largest absolute Gasteiger partial charge is 0.356 e. The molecule has 2 aromatic carbocycles. The van der Waals surface area contributed by atoms with Gasteiger partial charge in [0.25, 0.3) is 5.91 Å². The molecule has 1 heterocycles. The van der Waals surface area contributed by atoms with Crippen molar-refractivity contribution in [1.29, 1.82) is 0 Å². The number of hydrogen-bond acceptors (Lipinski definition) is 2. The van der Waals surface area contributed by atoms with Crippen LogP contribution in [0.5, 0.6) is 0 Å². The van der Waals surface area contributed by atoms with Crippen molar-refractivity contribution >= 4 is 11.8 Å². The maximum atomic E-state index is 13.8. The maximum absolute atomic E-state index is 13.8. The van der Waals surface area contributed by atoms with Crippen LogP contribution in [0.1, 0.15) is 42.1 Å². The maximum Gasteiger partial charge on any atom is 0.253 e. The zero-order chi connectivity index (χ0) is 21.0. The van der Waals surface area contributed by atoms with E-state index in [9.17, 15) is 18.4 Å². The van der Waals surface area contributed by atoms with Gasteiger partial charge in [0.1, 0.15) is 11.6 Å². The van der Waals surface area contributed by atoms with Gasteiger partial charge >= 0.3 is 0 Å². The molecule has 4 nitrogen and oxygen atoms in total. The smallest absolute Gasteiger partial charge is 0.253 e. The van der Waals surface area contributed by atoms with Crippen LogP contribution >= 0.6 is 0 Å². The summed E-state index contributed by atoms with van der Waals surface area (Å²) in [4.78, 5) is 27.3. The Balaban J connectivity index is 1.80. The van der Waals surface area contributed by atoms with Gasteiger partial charge in [0.2, 0.25) is 5.91 Å². The molecule has 0 spiro atoms. The Labute approximate surface area is 169 Å². The number of carbonyl (C=O) groups is 2. The number of amides is 2. The molecule has 2 aromatic rings. The Bertz CT molecular complexity index is 867. The van der Waals surface area contributed by atoms with E-state index in [2.05, 4.69) is 19.2 Å². The third kappa shape index (κ3) is 5.19. The normalized spacial score (nSPS) is 18.9. The number of carbonyl (C=O) groups excluding carboxylic acids is 2. The Morgan fingerprint density at radius 2 is 1.79 bits per heavy atom. The molecule has 0 bridgehead atoms. The van der Waals surface area contributed by atoms with Crippen LogP contribution in [0.25, 0.3) is 0 Å². The van der Waals surface area contributed by atoms with E-state index in [-0.39, 0.29) is 30.1 Å². The summed E-state index contributed by atoms with van der Waals surface area (Å²) in [5, 5.41) is 2.96. The molecule has 1 N–H and O–H groups in total. The molecular formula is C23H26F2N2O2. The first-order valence-corrected chi connectivity index (χ1v) is 9.93. The average Bonchev–Trinajstić information content (AvgIpc) is 3.13. The Morgan fingerprint density at radius 3 is 2.45 bits per heavy atom. The molecule has 0 unspecified atom stereocenters. The highest BCUT2D eigenvalue weighted by Crippen LogP contribution is 2.34. The van der Waals surface area contributed by atoms with Gasteiger partial charge in [-0.15, -0.1) is 0 Å². The van der Waals surface area contributed by atoms with Gasteiger partial charge in [0, 0.05) is 31.1 Å². The van der Waals surface area contributed by atoms with Crippen LogP contribution in [-0.2, 0) is 4.79 Å². The second-order valence-corrected chi connectivity index (χ2v) is 7.96. The molecule has 1 fully saturated rings. The van der Waals surface area contributed by atoms with E-state index in [1.54, 1.807) is 17.0 Å². The van der Waals surface area contributed by atoms with Crippen molar-refractivity contribution in [2.45, 2.75) is 26.2 Å². The topological polar surface area (TPSA) is 49.4 Å². The predicted molar refractivity (Wildman–Crippen MR) is 107 cm³/mol. The molecule has 154 valence electrons. The number of likely N-dealkylation sites (tertiary alicyclic amines) is 1. The SMILES string of the molecule is CC(C)CCNC(=O)[C@@H]1CN(C(=O)c2ccc(F)cc2)C[C@@H]1c1cccc(F)c1. The van der Waals surface area contributed by atoms with Crippen molar-refractivity contribution in [3.05, 3.63) is 71.3 Å². The molecule has 1 aliphatic heterocycles. The molecule has 0 saturated carbocycles. The first kappa shape index (κ1) is 21.0. The molecular weight excluding hydrogens is 374 g/mol. The van der Waals surface area contributed by atoms with Crippen molar-refractivity contribution < 1.29 is 18.4 Å². The molecule has 29 heavy (non-hydrogen) atoms. The Kier molecular flexibility index (Phi) is 6.62.